The molecule has 0 fully saturated rings. The van der Waals surface area contributed by atoms with Crippen LogP contribution in [-0.2, 0) is 9.59 Å². The molecule has 2 atom stereocenters. The highest BCUT2D eigenvalue weighted by atomic mass is 16.2. The maximum Gasteiger partial charge on any atom is 0.242 e. The molecule has 0 aliphatic heterocycles. The van der Waals surface area contributed by atoms with Crippen molar-refractivity contribution < 1.29 is 9.59 Å². The van der Waals surface area contributed by atoms with Crippen LogP contribution in [0.2, 0.25) is 0 Å². The zero-order chi connectivity index (χ0) is 12.7. The molecular formula is C11H23N3O2. The summed E-state index contributed by atoms with van der Waals surface area (Å²) in [5.74, 6) is -0.458. The van der Waals surface area contributed by atoms with Crippen molar-refractivity contribution in [2.45, 2.75) is 58.7 Å². The number of hydrogen-bond acceptors (Lipinski definition) is 3. The van der Waals surface area contributed by atoms with Crippen LogP contribution >= 0.6 is 0 Å². The van der Waals surface area contributed by atoms with Crippen LogP contribution in [0.5, 0.6) is 0 Å². The SMILES string of the molecule is CCCC(N)C(=O)NC(C)C(=O)NC(C)C. The van der Waals surface area contributed by atoms with Crippen molar-refractivity contribution in [3.63, 3.8) is 0 Å². The van der Waals surface area contributed by atoms with E-state index in [1.807, 2.05) is 20.8 Å². The van der Waals surface area contributed by atoms with E-state index in [1.54, 1.807) is 6.92 Å². The highest BCUT2D eigenvalue weighted by molar-refractivity contribution is 5.89. The molecular weight excluding hydrogens is 206 g/mol. The van der Waals surface area contributed by atoms with Crippen molar-refractivity contribution >= 4 is 11.8 Å². The van der Waals surface area contributed by atoms with Crippen molar-refractivity contribution in [3.05, 3.63) is 0 Å². The number of carbonyl (C=O) groups excluding carboxylic acids is 2. The van der Waals surface area contributed by atoms with E-state index >= 15 is 0 Å². The fourth-order valence-corrected chi connectivity index (χ4v) is 1.24. The Labute approximate surface area is 97.2 Å². The number of amides is 2. The maximum absolute atomic E-state index is 11.5. The average molecular weight is 229 g/mol. The van der Waals surface area contributed by atoms with Gasteiger partial charge in [0.2, 0.25) is 11.8 Å². The fraction of sp³-hybridized carbons (Fsp3) is 0.818. The zero-order valence-corrected chi connectivity index (χ0v) is 10.5. The second-order valence-electron chi connectivity index (χ2n) is 4.29. The molecule has 0 aliphatic carbocycles. The zero-order valence-electron chi connectivity index (χ0n) is 10.5. The molecule has 5 heteroatoms. The molecule has 0 bridgehead atoms. The molecule has 4 N–H and O–H groups in total. The van der Waals surface area contributed by atoms with Crippen LogP contribution < -0.4 is 16.4 Å². The Balaban J connectivity index is 4.08. The number of carbonyl (C=O) groups is 2. The van der Waals surface area contributed by atoms with Crippen LogP contribution in [0.4, 0.5) is 0 Å². The minimum Gasteiger partial charge on any atom is -0.352 e. The molecule has 0 saturated heterocycles. The van der Waals surface area contributed by atoms with Gasteiger partial charge < -0.3 is 16.4 Å². The minimum absolute atomic E-state index is 0.0659. The smallest absolute Gasteiger partial charge is 0.242 e. The van der Waals surface area contributed by atoms with E-state index in [9.17, 15) is 9.59 Å². The van der Waals surface area contributed by atoms with Crippen molar-refractivity contribution in [2.24, 2.45) is 5.73 Å². The van der Waals surface area contributed by atoms with Gasteiger partial charge in [-0.05, 0) is 27.2 Å². The highest BCUT2D eigenvalue weighted by Crippen LogP contribution is 1.94. The van der Waals surface area contributed by atoms with E-state index in [4.69, 9.17) is 5.73 Å². The van der Waals surface area contributed by atoms with Gasteiger partial charge >= 0.3 is 0 Å². The van der Waals surface area contributed by atoms with Gasteiger partial charge in [-0.2, -0.15) is 0 Å². The molecule has 5 nitrogen and oxygen atoms in total. The van der Waals surface area contributed by atoms with Crippen LogP contribution in [0, 0.1) is 0 Å². The van der Waals surface area contributed by atoms with Crippen LogP contribution in [0.3, 0.4) is 0 Å². The number of hydrogen-bond donors (Lipinski definition) is 3. The molecule has 0 aromatic carbocycles. The normalized spacial score (nSPS) is 14.4. The van der Waals surface area contributed by atoms with E-state index in [2.05, 4.69) is 10.6 Å². The summed E-state index contributed by atoms with van der Waals surface area (Å²) < 4.78 is 0. The molecule has 2 amide bonds. The second-order valence-corrected chi connectivity index (χ2v) is 4.29. The molecule has 0 heterocycles. The molecule has 0 radical (unpaired) electrons. The lowest BCUT2D eigenvalue weighted by Crippen LogP contribution is -2.51. The molecule has 0 aromatic rings. The first kappa shape index (κ1) is 14.9. The summed E-state index contributed by atoms with van der Waals surface area (Å²) in [6, 6.07) is -1.01. The molecule has 0 saturated carbocycles. The van der Waals surface area contributed by atoms with Crippen LogP contribution in [0.15, 0.2) is 0 Å². The van der Waals surface area contributed by atoms with Crippen LogP contribution in [0.25, 0.3) is 0 Å². The lowest BCUT2D eigenvalue weighted by Gasteiger charge is -2.18. The number of nitrogens with one attached hydrogen (secondary N) is 2. The Morgan fingerprint density at radius 2 is 1.69 bits per heavy atom. The predicted molar refractivity (Wildman–Crippen MR) is 63.8 cm³/mol. The summed E-state index contributed by atoms with van der Waals surface area (Å²) in [4.78, 5) is 23.0. The van der Waals surface area contributed by atoms with Crippen molar-refractivity contribution in [1.82, 2.24) is 10.6 Å². The molecule has 0 aromatic heterocycles. The summed E-state index contributed by atoms with van der Waals surface area (Å²) in [7, 11) is 0. The van der Waals surface area contributed by atoms with Gasteiger partial charge in [-0.1, -0.05) is 13.3 Å². The fourth-order valence-electron chi connectivity index (χ4n) is 1.24. The number of nitrogens with two attached hydrogens (primary N) is 1. The molecule has 2 unspecified atom stereocenters. The summed E-state index contributed by atoms with van der Waals surface area (Å²) in [5, 5.41) is 5.32. The Morgan fingerprint density at radius 3 is 2.12 bits per heavy atom. The van der Waals surface area contributed by atoms with Crippen molar-refractivity contribution in [2.75, 3.05) is 0 Å². The second kappa shape index (κ2) is 7.22. The molecule has 0 spiro atoms. The minimum atomic E-state index is -0.544. The van der Waals surface area contributed by atoms with Gasteiger partial charge in [0, 0.05) is 6.04 Å². The largest absolute Gasteiger partial charge is 0.352 e. The summed E-state index contributed by atoms with van der Waals surface area (Å²) in [5.41, 5.74) is 5.63. The summed E-state index contributed by atoms with van der Waals surface area (Å²) in [6.07, 6.45) is 1.48. The first-order valence-electron chi connectivity index (χ1n) is 5.74. The van der Waals surface area contributed by atoms with Gasteiger partial charge in [-0.15, -0.1) is 0 Å². The Hall–Kier alpha value is -1.10. The summed E-state index contributed by atoms with van der Waals surface area (Å²) in [6.45, 7) is 7.35. The first-order chi connectivity index (χ1) is 7.38. The van der Waals surface area contributed by atoms with E-state index < -0.39 is 12.1 Å². The van der Waals surface area contributed by atoms with E-state index in [0.717, 1.165) is 6.42 Å². The monoisotopic (exact) mass is 229 g/mol. The number of rotatable bonds is 6. The third-order valence-electron chi connectivity index (χ3n) is 2.12. The van der Waals surface area contributed by atoms with Gasteiger partial charge in [-0.25, -0.2) is 0 Å². The topological polar surface area (TPSA) is 84.2 Å². The average Bonchev–Trinajstić information content (AvgIpc) is 2.16. The summed E-state index contributed by atoms with van der Waals surface area (Å²) >= 11 is 0. The van der Waals surface area contributed by atoms with Crippen LogP contribution in [-0.4, -0.2) is 29.9 Å². The standard InChI is InChI=1S/C11H23N3O2/c1-5-6-9(12)11(16)14-8(4)10(15)13-7(2)3/h7-9H,5-6,12H2,1-4H3,(H,13,15)(H,14,16). The molecule has 94 valence electrons. The molecule has 0 rings (SSSR count). The highest BCUT2D eigenvalue weighted by Gasteiger charge is 2.19. The predicted octanol–water partition coefficient (Wildman–Crippen LogP) is 0.143. The van der Waals surface area contributed by atoms with E-state index in [1.165, 1.54) is 0 Å². The van der Waals surface area contributed by atoms with Gasteiger partial charge in [0.15, 0.2) is 0 Å². The Kier molecular flexibility index (Phi) is 6.72. The third-order valence-corrected chi connectivity index (χ3v) is 2.12. The Bertz CT molecular complexity index is 241. The van der Waals surface area contributed by atoms with Crippen molar-refractivity contribution in [3.8, 4) is 0 Å². The Morgan fingerprint density at radius 1 is 1.12 bits per heavy atom. The van der Waals surface area contributed by atoms with Gasteiger partial charge in [-0.3, -0.25) is 9.59 Å². The first-order valence-corrected chi connectivity index (χ1v) is 5.74. The van der Waals surface area contributed by atoms with E-state index in [-0.39, 0.29) is 17.9 Å². The van der Waals surface area contributed by atoms with Gasteiger partial charge in [0.25, 0.3) is 0 Å². The molecule has 0 aliphatic rings. The molecule has 16 heavy (non-hydrogen) atoms. The van der Waals surface area contributed by atoms with Crippen molar-refractivity contribution in [1.29, 1.82) is 0 Å². The quantitative estimate of drug-likeness (QED) is 0.606. The lowest BCUT2D eigenvalue weighted by atomic mass is 10.1. The van der Waals surface area contributed by atoms with Crippen LogP contribution in [0.1, 0.15) is 40.5 Å². The lowest BCUT2D eigenvalue weighted by molar-refractivity contribution is -0.129. The third kappa shape index (κ3) is 5.70. The van der Waals surface area contributed by atoms with E-state index in [0.29, 0.717) is 6.42 Å². The van der Waals surface area contributed by atoms with Gasteiger partial charge in [0.1, 0.15) is 6.04 Å². The van der Waals surface area contributed by atoms with Gasteiger partial charge in [0.05, 0.1) is 6.04 Å². The maximum atomic E-state index is 11.5.